The van der Waals surface area contributed by atoms with E-state index in [0.717, 1.165) is 25.6 Å². The van der Waals surface area contributed by atoms with E-state index >= 15 is 0 Å². The molecule has 0 aliphatic carbocycles. The van der Waals surface area contributed by atoms with Gasteiger partial charge in [-0.3, -0.25) is 9.69 Å². The van der Waals surface area contributed by atoms with Crippen molar-refractivity contribution in [1.82, 2.24) is 10.2 Å². The number of morpholine rings is 1. The Labute approximate surface area is 133 Å². The summed E-state index contributed by atoms with van der Waals surface area (Å²) >= 11 is 0. The van der Waals surface area contributed by atoms with E-state index < -0.39 is 11.6 Å². The fourth-order valence-electron chi connectivity index (χ4n) is 3.28. The molecule has 0 unspecified atom stereocenters. The monoisotopic (exact) mass is 324 g/mol. The minimum absolute atomic E-state index is 0.0131. The molecule has 0 radical (unpaired) electrons. The molecule has 2 aliphatic rings. The van der Waals surface area contributed by atoms with Crippen molar-refractivity contribution in [1.29, 1.82) is 0 Å². The van der Waals surface area contributed by atoms with Crippen molar-refractivity contribution >= 4 is 5.91 Å². The summed E-state index contributed by atoms with van der Waals surface area (Å²) in [6.45, 7) is 2.19. The van der Waals surface area contributed by atoms with Crippen molar-refractivity contribution in [2.75, 3.05) is 26.3 Å². The van der Waals surface area contributed by atoms with Crippen LogP contribution in [0.25, 0.3) is 0 Å². The van der Waals surface area contributed by atoms with Gasteiger partial charge in [-0.25, -0.2) is 4.39 Å². The molecule has 2 aliphatic heterocycles. The lowest BCUT2D eigenvalue weighted by molar-refractivity contribution is -0.0566. The zero-order chi connectivity index (χ0) is 16.4. The van der Waals surface area contributed by atoms with Crippen molar-refractivity contribution in [3.05, 3.63) is 29.6 Å². The van der Waals surface area contributed by atoms with E-state index in [9.17, 15) is 14.3 Å². The first-order valence-electron chi connectivity index (χ1n) is 7.82. The lowest BCUT2D eigenvalue weighted by Gasteiger charge is -2.34. The fourth-order valence-corrected chi connectivity index (χ4v) is 3.28. The highest BCUT2D eigenvalue weighted by Gasteiger charge is 2.37. The highest BCUT2D eigenvalue weighted by molar-refractivity contribution is 5.94. The summed E-state index contributed by atoms with van der Waals surface area (Å²) in [5, 5.41) is 21.1. The Morgan fingerprint density at radius 2 is 2.26 bits per heavy atom. The van der Waals surface area contributed by atoms with E-state index in [2.05, 4.69) is 10.2 Å². The van der Waals surface area contributed by atoms with E-state index in [1.807, 2.05) is 0 Å². The van der Waals surface area contributed by atoms with Crippen LogP contribution in [-0.2, 0) is 4.74 Å². The Balaban J connectivity index is 1.57. The molecule has 0 aromatic heterocycles. The van der Waals surface area contributed by atoms with Crippen LogP contribution in [0.15, 0.2) is 18.2 Å². The third kappa shape index (κ3) is 3.63. The third-order valence-corrected chi connectivity index (χ3v) is 4.49. The van der Waals surface area contributed by atoms with Crippen LogP contribution in [0.2, 0.25) is 0 Å². The van der Waals surface area contributed by atoms with Crippen LogP contribution in [0.4, 0.5) is 4.39 Å². The summed E-state index contributed by atoms with van der Waals surface area (Å²) in [6, 6.07) is 3.87. The summed E-state index contributed by atoms with van der Waals surface area (Å²) in [6.07, 6.45) is 1.45. The number of benzene rings is 1. The molecule has 1 aromatic rings. The molecule has 2 heterocycles. The number of hydrogen-bond acceptors (Lipinski definition) is 5. The topological polar surface area (TPSA) is 82.0 Å². The molecule has 1 aromatic carbocycles. The Bertz CT molecular complexity index is 583. The van der Waals surface area contributed by atoms with Gasteiger partial charge in [-0.1, -0.05) is 0 Å². The number of rotatable bonds is 4. The normalized spacial score (nSPS) is 27.7. The van der Waals surface area contributed by atoms with Crippen LogP contribution >= 0.6 is 0 Å². The number of hydrogen-bond donors (Lipinski definition) is 3. The van der Waals surface area contributed by atoms with Gasteiger partial charge in [-0.05, 0) is 31.0 Å². The SMILES string of the molecule is O=C(N[C@@H]1C[C@H]2CO[C@@H](CCO)CN2C1)c1ccc(O)c(F)c1. The highest BCUT2D eigenvalue weighted by Crippen LogP contribution is 2.24. The van der Waals surface area contributed by atoms with Crippen LogP contribution < -0.4 is 5.32 Å². The van der Waals surface area contributed by atoms with Crippen LogP contribution in [-0.4, -0.2) is 65.5 Å². The molecular weight excluding hydrogens is 303 g/mol. The Morgan fingerprint density at radius 3 is 3.00 bits per heavy atom. The van der Waals surface area contributed by atoms with Gasteiger partial charge in [-0.2, -0.15) is 0 Å². The number of halogens is 1. The van der Waals surface area contributed by atoms with Gasteiger partial charge in [0, 0.05) is 37.3 Å². The van der Waals surface area contributed by atoms with Gasteiger partial charge in [-0.15, -0.1) is 0 Å². The average molecular weight is 324 g/mol. The first-order chi connectivity index (χ1) is 11.1. The van der Waals surface area contributed by atoms with Gasteiger partial charge in [0.1, 0.15) is 0 Å². The number of ether oxygens (including phenoxy) is 1. The van der Waals surface area contributed by atoms with E-state index in [-0.39, 0.29) is 36.3 Å². The number of amides is 1. The number of carbonyl (C=O) groups is 1. The van der Waals surface area contributed by atoms with E-state index in [1.165, 1.54) is 12.1 Å². The summed E-state index contributed by atoms with van der Waals surface area (Å²) in [5.74, 6) is -1.62. The second-order valence-electron chi connectivity index (χ2n) is 6.15. The van der Waals surface area contributed by atoms with Gasteiger partial charge in [0.15, 0.2) is 11.6 Å². The molecule has 0 spiro atoms. The molecule has 2 fully saturated rings. The Hall–Kier alpha value is -1.70. The number of aromatic hydroxyl groups is 1. The number of fused-ring (bicyclic) bond motifs is 1. The van der Waals surface area contributed by atoms with Crippen molar-refractivity contribution in [2.45, 2.75) is 31.0 Å². The van der Waals surface area contributed by atoms with Crippen molar-refractivity contribution in [3.63, 3.8) is 0 Å². The number of aliphatic hydroxyl groups excluding tert-OH is 1. The minimum Gasteiger partial charge on any atom is -0.505 e. The van der Waals surface area contributed by atoms with Crippen LogP contribution in [0, 0.1) is 5.82 Å². The molecule has 7 heteroatoms. The molecule has 3 atom stereocenters. The lowest BCUT2D eigenvalue weighted by atomic mass is 10.1. The molecular formula is C16H21FN2O4. The van der Waals surface area contributed by atoms with Crippen molar-refractivity contribution in [3.8, 4) is 5.75 Å². The Kier molecular flexibility index (Phi) is 4.79. The summed E-state index contributed by atoms with van der Waals surface area (Å²) in [4.78, 5) is 14.5. The van der Waals surface area contributed by atoms with Gasteiger partial charge < -0.3 is 20.3 Å². The average Bonchev–Trinajstić information content (AvgIpc) is 2.91. The molecule has 0 saturated carbocycles. The summed E-state index contributed by atoms with van der Waals surface area (Å²) in [5.41, 5.74) is 0.194. The maximum atomic E-state index is 13.3. The zero-order valence-electron chi connectivity index (χ0n) is 12.7. The number of carbonyl (C=O) groups excluding carboxylic acids is 1. The van der Waals surface area contributed by atoms with Crippen molar-refractivity contribution in [2.24, 2.45) is 0 Å². The quantitative estimate of drug-likeness (QED) is 0.751. The molecule has 126 valence electrons. The number of nitrogens with one attached hydrogen (secondary N) is 1. The van der Waals surface area contributed by atoms with Crippen LogP contribution in [0.3, 0.4) is 0 Å². The third-order valence-electron chi connectivity index (χ3n) is 4.49. The number of aliphatic hydroxyl groups is 1. The van der Waals surface area contributed by atoms with Gasteiger partial charge in [0.25, 0.3) is 5.91 Å². The fraction of sp³-hybridized carbons (Fsp3) is 0.562. The maximum Gasteiger partial charge on any atom is 0.251 e. The number of phenols is 1. The first kappa shape index (κ1) is 16.2. The molecule has 3 rings (SSSR count). The minimum atomic E-state index is -0.804. The van der Waals surface area contributed by atoms with Gasteiger partial charge in [0.2, 0.25) is 0 Å². The van der Waals surface area contributed by atoms with Crippen molar-refractivity contribution < 1.29 is 24.1 Å². The summed E-state index contributed by atoms with van der Waals surface area (Å²) in [7, 11) is 0. The predicted octanol–water partition coefficient (Wildman–Crippen LogP) is 0.485. The Morgan fingerprint density at radius 1 is 1.43 bits per heavy atom. The first-order valence-corrected chi connectivity index (χ1v) is 7.82. The highest BCUT2D eigenvalue weighted by atomic mass is 19.1. The molecule has 23 heavy (non-hydrogen) atoms. The molecule has 1 amide bonds. The number of phenolic OH excluding ortho intramolecular Hbond substituents is 1. The van der Waals surface area contributed by atoms with E-state index in [0.29, 0.717) is 13.0 Å². The predicted molar refractivity (Wildman–Crippen MR) is 80.7 cm³/mol. The van der Waals surface area contributed by atoms with Crippen LogP contribution in [0.1, 0.15) is 23.2 Å². The second kappa shape index (κ2) is 6.82. The molecule has 0 bridgehead atoms. The molecule has 2 saturated heterocycles. The van der Waals surface area contributed by atoms with E-state index in [1.54, 1.807) is 0 Å². The standard InChI is InChI=1S/C16H21FN2O4/c17-14-5-10(1-2-15(14)21)16(22)18-11-6-12-9-23-13(3-4-20)8-19(12)7-11/h1-2,5,11-13,20-21H,3-4,6-9H2,(H,18,22)/t11-,12+,13+/m1/s1. The van der Waals surface area contributed by atoms with E-state index in [4.69, 9.17) is 9.84 Å². The largest absolute Gasteiger partial charge is 0.505 e. The van der Waals surface area contributed by atoms with Gasteiger partial charge in [0.05, 0.1) is 12.7 Å². The second-order valence-corrected chi connectivity index (χ2v) is 6.15. The molecule has 6 nitrogen and oxygen atoms in total. The van der Waals surface area contributed by atoms with Gasteiger partial charge >= 0.3 is 0 Å². The number of nitrogens with zero attached hydrogens (tertiary/aromatic N) is 1. The summed E-state index contributed by atoms with van der Waals surface area (Å²) < 4.78 is 19.0. The molecule has 3 N–H and O–H groups in total. The van der Waals surface area contributed by atoms with Crippen LogP contribution in [0.5, 0.6) is 5.75 Å². The zero-order valence-corrected chi connectivity index (χ0v) is 12.7. The maximum absolute atomic E-state index is 13.3. The smallest absolute Gasteiger partial charge is 0.251 e. The lowest BCUT2D eigenvalue weighted by Crippen LogP contribution is -2.46.